The number of nitrogens with one attached hydrogen (secondary N) is 2. The second kappa shape index (κ2) is 6.92. The van der Waals surface area contributed by atoms with Crippen molar-refractivity contribution in [1.82, 2.24) is 15.8 Å². The van der Waals surface area contributed by atoms with E-state index in [1.807, 2.05) is 17.5 Å². The summed E-state index contributed by atoms with van der Waals surface area (Å²) in [6.45, 7) is 0. The first-order valence-electron chi connectivity index (χ1n) is 7.67. The molecule has 3 rings (SSSR count). The Kier molecular flexibility index (Phi) is 4.91. The number of hydrogen-bond donors (Lipinski definition) is 2. The first kappa shape index (κ1) is 16.3. The topological polar surface area (TPSA) is 78.5 Å². The van der Waals surface area contributed by atoms with Crippen LogP contribution in [0.25, 0.3) is 0 Å². The fraction of sp³-hybridized carbons (Fsp3) is 0.533. The number of amides is 4. The van der Waals surface area contributed by atoms with Crippen LogP contribution in [0.3, 0.4) is 0 Å². The molecule has 1 aromatic heterocycles. The predicted octanol–water partition coefficient (Wildman–Crippen LogP) is 2.27. The van der Waals surface area contributed by atoms with Gasteiger partial charge < -0.3 is 5.32 Å². The molecule has 6 nitrogen and oxygen atoms in total. The van der Waals surface area contributed by atoms with Gasteiger partial charge >= 0.3 is 6.03 Å². The molecule has 2 heterocycles. The van der Waals surface area contributed by atoms with Crippen molar-refractivity contribution in [1.29, 1.82) is 0 Å². The van der Waals surface area contributed by atoms with Gasteiger partial charge in [0, 0.05) is 10.6 Å². The van der Waals surface area contributed by atoms with Crippen molar-refractivity contribution in [3.05, 3.63) is 22.4 Å². The highest BCUT2D eigenvalue weighted by atomic mass is 32.2. The second-order valence-corrected chi connectivity index (χ2v) is 7.84. The summed E-state index contributed by atoms with van der Waals surface area (Å²) in [4.78, 5) is 37.7. The van der Waals surface area contributed by atoms with Crippen molar-refractivity contribution in [2.75, 3.05) is 5.75 Å². The smallest absolute Gasteiger partial charge is 0.322 e. The molecule has 2 aliphatic rings. The Bertz CT molecular complexity index is 597. The zero-order valence-corrected chi connectivity index (χ0v) is 14.3. The van der Waals surface area contributed by atoms with Crippen molar-refractivity contribution in [3.8, 4) is 0 Å². The van der Waals surface area contributed by atoms with Gasteiger partial charge in [0.2, 0.25) is 5.91 Å². The van der Waals surface area contributed by atoms with Crippen molar-refractivity contribution in [2.24, 2.45) is 0 Å². The fourth-order valence-corrected chi connectivity index (χ4v) is 4.67. The molecular weight excluding hydrogens is 334 g/mol. The molecule has 0 unspecified atom stereocenters. The summed E-state index contributed by atoms with van der Waals surface area (Å²) in [5, 5.41) is 5.62. The summed E-state index contributed by atoms with van der Waals surface area (Å²) in [7, 11) is 0. The molecule has 1 aliphatic carbocycles. The van der Waals surface area contributed by atoms with Gasteiger partial charge in [-0.15, -0.1) is 23.1 Å². The van der Waals surface area contributed by atoms with E-state index in [1.54, 1.807) is 11.3 Å². The Morgan fingerprint density at radius 1 is 1.35 bits per heavy atom. The molecule has 2 N–H and O–H groups in total. The number of carbonyl (C=O) groups excluding carboxylic acids is 3. The Labute approximate surface area is 143 Å². The number of urea groups is 1. The van der Waals surface area contributed by atoms with Crippen molar-refractivity contribution < 1.29 is 14.4 Å². The molecule has 0 aromatic carbocycles. The Morgan fingerprint density at radius 3 is 2.83 bits per heavy atom. The first-order valence-corrected chi connectivity index (χ1v) is 9.70. The molecule has 1 spiro atoms. The third kappa shape index (κ3) is 3.53. The fourth-order valence-electron chi connectivity index (χ4n) is 3.01. The molecule has 4 amide bonds. The highest BCUT2D eigenvalue weighted by Crippen LogP contribution is 2.33. The molecule has 1 saturated heterocycles. The predicted molar refractivity (Wildman–Crippen MR) is 89.8 cm³/mol. The van der Waals surface area contributed by atoms with Gasteiger partial charge in [0.05, 0.1) is 5.75 Å². The van der Waals surface area contributed by atoms with E-state index >= 15 is 0 Å². The minimum absolute atomic E-state index is 0.210. The van der Waals surface area contributed by atoms with Crippen molar-refractivity contribution in [3.63, 3.8) is 0 Å². The zero-order valence-electron chi connectivity index (χ0n) is 12.7. The van der Waals surface area contributed by atoms with E-state index < -0.39 is 11.6 Å². The van der Waals surface area contributed by atoms with Gasteiger partial charge in [0.15, 0.2) is 0 Å². The quantitative estimate of drug-likeness (QED) is 0.796. The summed E-state index contributed by atoms with van der Waals surface area (Å²) >= 11 is 3.10. The molecule has 0 radical (unpaired) electrons. The molecule has 1 saturated carbocycles. The number of carbonyl (C=O) groups is 3. The van der Waals surface area contributed by atoms with Gasteiger partial charge in [0.1, 0.15) is 5.54 Å². The number of thioether (sulfide) groups is 1. The highest BCUT2D eigenvalue weighted by molar-refractivity contribution is 7.99. The van der Waals surface area contributed by atoms with Gasteiger partial charge in [-0.25, -0.2) is 4.79 Å². The average Bonchev–Trinajstić information content (AvgIpc) is 3.12. The molecule has 0 bridgehead atoms. The molecule has 124 valence electrons. The van der Waals surface area contributed by atoms with E-state index in [4.69, 9.17) is 0 Å². The van der Waals surface area contributed by atoms with Crippen LogP contribution in [0.5, 0.6) is 0 Å². The molecule has 0 atom stereocenters. The first-order chi connectivity index (χ1) is 11.1. The standard InChI is InChI=1S/C15H19N3O3S2/c19-12(10-22-9-11-5-4-8-23-11)17-18-13(20)15(16-14(18)21)6-2-1-3-7-15/h4-5,8H,1-3,6-7,9-10H2,(H,16,21)(H,17,19). The van der Waals surface area contributed by atoms with Crippen LogP contribution in [0, 0.1) is 0 Å². The lowest BCUT2D eigenvalue weighted by Gasteiger charge is -2.30. The Hall–Kier alpha value is -1.54. The number of thiophene rings is 1. The van der Waals surface area contributed by atoms with E-state index in [0.717, 1.165) is 30.0 Å². The van der Waals surface area contributed by atoms with Crippen LogP contribution < -0.4 is 10.7 Å². The third-order valence-corrected chi connectivity index (χ3v) is 6.20. The minimum Gasteiger partial charge on any atom is -0.322 e. The number of nitrogens with zero attached hydrogens (tertiary/aromatic N) is 1. The molecule has 1 aliphatic heterocycles. The maximum Gasteiger partial charge on any atom is 0.344 e. The van der Waals surface area contributed by atoms with Crippen LogP contribution in [-0.4, -0.2) is 34.1 Å². The molecule has 8 heteroatoms. The average molecular weight is 353 g/mol. The number of rotatable bonds is 5. The maximum atomic E-state index is 12.5. The summed E-state index contributed by atoms with van der Waals surface area (Å²) < 4.78 is 0. The summed E-state index contributed by atoms with van der Waals surface area (Å²) in [6.07, 6.45) is 4.22. The monoisotopic (exact) mass is 353 g/mol. The lowest BCUT2D eigenvalue weighted by Crippen LogP contribution is -2.51. The van der Waals surface area contributed by atoms with Crippen LogP contribution in [0.4, 0.5) is 4.79 Å². The van der Waals surface area contributed by atoms with Crippen molar-refractivity contribution in [2.45, 2.75) is 43.4 Å². The van der Waals surface area contributed by atoms with Gasteiger partial charge in [-0.3, -0.25) is 15.0 Å². The Balaban J connectivity index is 1.51. The van der Waals surface area contributed by atoms with Gasteiger partial charge in [0.25, 0.3) is 5.91 Å². The van der Waals surface area contributed by atoms with Crippen LogP contribution in [0.15, 0.2) is 17.5 Å². The maximum absolute atomic E-state index is 12.5. The van der Waals surface area contributed by atoms with Gasteiger partial charge in [-0.2, -0.15) is 5.01 Å². The molecule has 1 aromatic rings. The summed E-state index contributed by atoms with van der Waals surface area (Å²) in [6, 6.07) is 3.46. The third-order valence-electron chi connectivity index (χ3n) is 4.16. The zero-order chi connectivity index (χ0) is 16.3. The van der Waals surface area contributed by atoms with Crippen LogP contribution in [0.2, 0.25) is 0 Å². The van der Waals surface area contributed by atoms with E-state index in [2.05, 4.69) is 10.7 Å². The van der Waals surface area contributed by atoms with Crippen LogP contribution >= 0.6 is 23.1 Å². The Morgan fingerprint density at radius 2 is 2.13 bits per heavy atom. The van der Waals surface area contributed by atoms with E-state index in [-0.39, 0.29) is 17.6 Å². The number of hydrazine groups is 1. The van der Waals surface area contributed by atoms with E-state index in [9.17, 15) is 14.4 Å². The second-order valence-electron chi connectivity index (χ2n) is 5.82. The lowest BCUT2D eigenvalue weighted by molar-refractivity contribution is -0.139. The number of hydrogen-bond acceptors (Lipinski definition) is 5. The van der Waals surface area contributed by atoms with E-state index in [1.165, 1.54) is 16.6 Å². The largest absolute Gasteiger partial charge is 0.344 e. The minimum atomic E-state index is -0.799. The summed E-state index contributed by atoms with van der Waals surface area (Å²) in [5.74, 6) is 0.304. The normalized spacial score (nSPS) is 19.9. The van der Waals surface area contributed by atoms with Gasteiger partial charge in [-0.05, 0) is 24.3 Å². The molecule has 23 heavy (non-hydrogen) atoms. The summed E-state index contributed by atoms with van der Waals surface area (Å²) in [5.41, 5.74) is 1.65. The molecule has 2 fully saturated rings. The van der Waals surface area contributed by atoms with E-state index in [0.29, 0.717) is 12.8 Å². The molecular formula is C15H19N3O3S2. The highest BCUT2D eigenvalue weighted by Gasteiger charge is 2.52. The van der Waals surface area contributed by atoms with Crippen LogP contribution in [-0.2, 0) is 15.3 Å². The van der Waals surface area contributed by atoms with Crippen LogP contribution in [0.1, 0.15) is 37.0 Å². The number of imide groups is 1. The lowest BCUT2D eigenvalue weighted by atomic mass is 9.82. The van der Waals surface area contributed by atoms with Crippen molar-refractivity contribution >= 4 is 40.9 Å². The SMILES string of the molecule is O=C(CSCc1cccs1)NN1C(=O)NC2(CCCCC2)C1=O. The van der Waals surface area contributed by atoms with Gasteiger partial charge in [-0.1, -0.05) is 25.3 Å².